The molecule has 3 aromatic rings. The van der Waals surface area contributed by atoms with Crippen molar-refractivity contribution >= 4 is 29.1 Å². The lowest BCUT2D eigenvalue weighted by Crippen LogP contribution is -2.46. The van der Waals surface area contributed by atoms with E-state index in [1.807, 2.05) is 67.6 Å². The van der Waals surface area contributed by atoms with Crippen LogP contribution in [0.15, 0.2) is 72.8 Å². The molecule has 1 unspecified atom stereocenters. The van der Waals surface area contributed by atoms with Gasteiger partial charge in [-0.3, -0.25) is 14.4 Å². The van der Waals surface area contributed by atoms with E-state index in [9.17, 15) is 19.5 Å². The third-order valence-electron chi connectivity index (χ3n) is 7.20. The third kappa shape index (κ3) is 7.18. The fraction of sp³-hybridized carbons (Fsp3) is 0.323. The van der Waals surface area contributed by atoms with Crippen molar-refractivity contribution in [3.8, 4) is 16.9 Å². The topological polar surface area (TPSA) is 119 Å². The Morgan fingerprint density at radius 3 is 2.42 bits per heavy atom. The first-order chi connectivity index (χ1) is 19.0. The maximum atomic E-state index is 13.3. The number of carbonyl (C=O) groups is 3. The van der Waals surface area contributed by atoms with Crippen LogP contribution >= 0.6 is 0 Å². The smallest absolute Gasteiger partial charge is 0.242 e. The molecule has 0 aliphatic carbocycles. The summed E-state index contributed by atoms with van der Waals surface area (Å²) < 4.78 is 0. The molecule has 9 nitrogen and oxygen atoms in total. The predicted molar refractivity (Wildman–Crippen MR) is 157 cm³/mol. The predicted octanol–water partition coefficient (Wildman–Crippen LogP) is 3.11. The minimum absolute atomic E-state index is 0.00656. The third-order valence-corrected chi connectivity index (χ3v) is 7.20. The lowest BCUT2D eigenvalue weighted by Gasteiger charge is -2.27. The average molecular weight is 544 g/mol. The van der Waals surface area contributed by atoms with Gasteiger partial charge in [0.1, 0.15) is 5.75 Å². The van der Waals surface area contributed by atoms with Gasteiger partial charge in [-0.1, -0.05) is 42.5 Å². The van der Waals surface area contributed by atoms with E-state index in [2.05, 4.69) is 5.32 Å². The Labute approximate surface area is 235 Å². The fourth-order valence-electron chi connectivity index (χ4n) is 4.77. The first kappa shape index (κ1) is 28.6. The van der Waals surface area contributed by atoms with Crippen LogP contribution in [0.1, 0.15) is 25.8 Å². The Morgan fingerprint density at radius 2 is 1.73 bits per heavy atom. The van der Waals surface area contributed by atoms with Crippen LogP contribution in [0.5, 0.6) is 5.75 Å². The number of hydrogen-bond acceptors (Lipinski definition) is 6. The van der Waals surface area contributed by atoms with Crippen LogP contribution in [0.3, 0.4) is 0 Å². The Morgan fingerprint density at radius 1 is 1.00 bits per heavy atom. The van der Waals surface area contributed by atoms with Gasteiger partial charge in [-0.2, -0.15) is 0 Å². The Bertz CT molecular complexity index is 1390. The van der Waals surface area contributed by atoms with Gasteiger partial charge in [0.2, 0.25) is 17.7 Å². The van der Waals surface area contributed by atoms with E-state index >= 15 is 0 Å². The first-order valence-electron chi connectivity index (χ1n) is 13.3. The van der Waals surface area contributed by atoms with Gasteiger partial charge in [0, 0.05) is 56.1 Å². The number of likely N-dealkylation sites (tertiary alicyclic amines) is 1. The molecule has 3 amide bonds. The molecular formula is C31H37N5O4. The van der Waals surface area contributed by atoms with Crippen LogP contribution in [0.4, 0.5) is 11.4 Å². The maximum Gasteiger partial charge on any atom is 0.242 e. The number of benzene rings is 3. The Kier molecular flexibility index (Phi) is 8.74. The number of phenols is 1. The van der Waals surface area contributed by atoms with Gasteiger partial charge < -0.3 is 30.9 Å². The molecule has 1 aliphatic heterocycles. The summed E-state index contributed by atoms with van der Waals surface area (Å²) in [7, 11) is 1.70. The van der Waals surface area contributed by atoms with E-state index in [-0.39, 0.29) is 43.1 Å². The molecule has 0 saturated carbocycles. The number of phenolic OH excluding ortho intramolecular Hbond substituents is 1. The zero-order valence-electron chi connectivity index (χ0n) is 23.3. The van der Waals surface area contributed by atoms with Gasteiger partial charge in [-0.05, 0) is 54.8 Å². The highest BCUT2D eigenvalue weighted by Crippen LogP contribution is 2.31. The van der Waals surface area contributed by atoms with E-state index in [1.54, 1.807) is 33.9 Å². The Hall–Kier alpha value is -4.37. The van der Waals surface area contributed by atoms with Crippen LogP contribution in [0.2, 0.25) is 0 Å². The van der Waals surface area contributed by atoms with Crippen LogP contribution in [0, 0.1) is 0 Å². The summed E-state index contributed by atoms with van der Waals surface area (Å²) in [6.45, 7) is 4.71. The quantitative estimate of drug-likeness (QED) is 0.382. The second-order valence-corrected chi connectivity index (χ2v) is 10.7. The van der Waals surface area contributed by atoms with Gasteiger partial charge in [-0.25, -0.2) is 0 Å². The number of amides is 3. The molecular weight excluding hydrogens is 506 g/mol. The largest absolute Gasteiger partial charge is 0.507 e. The number of hydrogen-bond donors (Lipinski definition) is 3. The molecule has 1 heterocycles. The zero-order chi connectivity index (χ0) is 28.9. The lowest BCUT2D eigenvalue weighted by molar-refractivity contribution is -0.129. The number of para-hydroxylation sites is 1. The molecule has 0 bridgehead atoms. The second-order valence-electron chi connectivity index (χ2n) is 10.7. The highest BCUT2D eigenvalue weighted by molar-refractivity contribution is 5.91. The van der Waals surface area contributed by atoms with Crippen molar-refractivity contribution in [2.45, 2.75) is 32.4 Å². The van der Waals surface area contributed by atoms with Crippen molar-refractivity contribution in [2.24, 2.45) is 5.73 Å². The van der Waals surface area contributed by atoms with Crippen molar-refractivity contribution in [3.05, 3.63) is 78.4 Å². The van der Waals surface area contributed by atoms with Crippen molar-refractivity contribution in [1.29, 1.82) is 0 Å². The molecule has 0 spiro atoms. The summed E-state index contributed by atoms with van der Waals surface area (Å²) in [4.78, 5) is 43.2. The number of nitrogens with two attached hydrogens (primary N) is 1. The summed E-state index contributed by atoms with van der Waals surface area (Å²) in [6.07, 6.45) is 0.722. The molecule has 1 saturated heterocycles. The number of nitrogens with zero attached hydrogens (tertiary/aromatic N) is 3. The molecule has 3 aromatic carbocycles. The standard InChI is InChI=1S/C31H37N5O4/c1-22(37)34(3)25-10-6-8-23(16-25)18-33-29(39)19-36(20-30(40)35-15-14-31(2,32)21-35)26-11-7-9-24(17-26)27-12-4-5-13-28(27)38/h4-13,16-17,38H,14-15,18-21,32H2,1-3H3,(H,33,39). The Balaban J connectivity index is 1.52. The monoisotopic (exact) mass is 543 g/mol. The molecule has 9 heteroatoms. The van der Waals surface area contributed by atoms with Gasteiger partial charge in [0.15, 0.2) is 0 Å². The van der Waals surface area contributed by atoms with Crippen LogP contribution < -0.4 is 20.9 Å². The van der Waals surface area contributed by atoms with Crippen molar-refractivity contribution in [2.75, 3.05) is 43.0 Å². The molecule has 40 heavy (non-hydrogen) atoms. The summed E-state index contributed by atoms with van der Waals surface area (Å²) in [5.41, 5.74) is 9.54. The number of rotatable bonds is 9. The molecule has 4 rings (SSSR count). The summed E-state index contributed by atoms with van der Waals surface area (Å²) in [5.74, 6) is -0.288. The van der Waals surface area contributed by atoms with Crippen LogP contribution in [0.25, 0.3) is 11.1 Å². The molecule has 1 fully saturated rings. The summed E-state index contributed by atoms with van der Waals surface area (Å²) in [6, 6.07) is 21.9. The number of anilines is 2. The van der Waals surface area contributed by atoms with Crippen molar-refractivity contribution < 1.29 is 19.5 Å². The summed E-state index contributed by atoms with van der Waals surface area (Å²) in [5, 5.41) is 13.3. The highest BCUT2D eigenvalue weighted by Gasteiger charge is 2.33. The van der Waals surface area contributed by atoms with E-state index in [0.717, 1.165) is 23.2 Å². The van der Waals surface area contributed by atoms with Gasteiger partial charge in [0.05, 0.1) is 13.1 Å². The fourth-order valence-corrected chi connectivity index (χ4v) is 4.77. The molecule has 4 N–H and O–H groups in total. The maximum absolute atomic E-state index is 13.3. The van der Waals surface area contributed by atoms with E-state index in [0.29, 0.717) is 24.3 Å². The normalized spacial score (nSPS) is 16.4. The minimum Gasteiger partial charge on any atom is -0.507 e. The second kappa shape index (κ2) is 12.2. The molecule has 1 aliphatic rings. The highest BCUT2D eigenvalue weighted by atomic mass is 16.3. The van der Waals surface area contributed by atoms with E-state index in [4.69, 9.17) is 5.73 Å². The number of carbonyl (C=O) groups excluding carboxylic acids is 3. The number of aromatic hydroxyl groups is 1. The van der Waals surface area contributed by atoms with Crippen LogP contribution in [-0.4, -0.2) is 66.5 Å². The van der Waals surface area contributed by atoms with Gasteiger partial charge in [-0.15, -0.1) is 0 Å². The van der Waals surface area contributed by atoms with Gasteiger partial charge >= 0.3 is 0 Å². The van der Waals surface area contributed by atoms with Crippen molar-refractivity contribution in [3.63, 3.8) is 0 Å². The van der Waals surface area contributed by atoms with Gasteiger partial charge in [0.25, 0.3) is 0 Å². The molecule has 0 aromatic heterocycles. The van der Waals surface area contributed by atoms with Crippen LogP contribution in [-0.2, 0) is 20.9 Å². The zero-order valence-corrected chi connectivity index (χ0v) is 23.3. The summed E-state index contributed by atoms with van der Waals surface area (Å²) >= 11 is 0. The van der Waals surface area contributed by atoms with E-state index < -0.39 is 5.54 Å². The lowest BCUT2D eigenvalue weighted by atomic mass is 10.0. The molecule has 1 atom stereocenters. The average Bonchev–Trinajstić information content (AvgIpc) is 3.31. The SMILES string of the molecule is CC(=O)N(C)c1cccc(CNC(=O)CN(CC(=O)N2CCC(C)(N)C2)c2cccc(-c3ccccc3O)c2)c1. The van der Waals surface area contributed by atoms with E-state index in [1.165, 1.54) is 6.92 Å². The molecule has 210 valence electrons. The number of nitrogens with one attached hydrogen (secondary N) is 1. The van der Waals surface area contributed by atoms with Crippen molar-refractivity contribution in [1.82, 2.24) is 10.2 Å². The minimum atomic E-state index is -0.423. The molecule has 0 radical (unpaired) electrons. The first-order valence-corrected chi connectivity index (χ1v) is 13.3.